The van der Waals surface area contributed by atoms with Gasteiger partial charge in [0, 0.05) is 12.0 Å². The van der Waals surface area contributed by atoms with Crippen LogP contribution in [0.3, 0.4) is 0 Å². The van der Waals surface area contributed by atoms with E-state index in [4.69, 9.17) is 15.9 Å². The Morgan fingerprint density at radius 2 is 1.71 bits per heavy atom. The third-order valence-corrected chi connectivity index (χ3v) is 4.87. The van der Waals surface area contributed by atoms with Crippen molar-refractivity contribution in [3.63, 3.8) is 0 Å². The van der Waals surface area contributed by atoms with Gasteiger partial charge in [-0.3, -0.25) is 5.41 Å². The van der Waals surface area contributed by atoms with Gasteiger partial charge in [0.1, 0.15) is 11.6 Å². The highest BCUT2D eigenvalue weighted by atomic mass is 16.5. The van der Waals surface area contributed by atoms with Crippen molar-refractivity contribution < 1.29 is 4.74 Å². The van der Waals surface area contributed by atoms with Crippen LogP contribution in [-0.4, -0.2) is 12.4 Å². The molecule has 0 aliphatic rings. The summed E-state index contributed by atoms with van der Waals surface area (Å²) in [5.41, 5.74) is 12.4. The van der Waals surface area contributed by atoms with Crippen LogP contribution in [0.15, 0.2) is 66.7 Å². The van der Waals surface area contributed by atoms with Crippen molar-refractivity contribution in [3.05, 3.63) is 89.0 Å². The molecule has 3 aromatic carbocycles. The summed E-state index contributed by atoms with van der Waals surface area (Å²) in [5, 5.41) is 7.46. The number of hydrogen-bond acceptors (Lipinski definition) is 2. The molecule has 0 radical (unpaired) electrons. The van der Waals surface area contributed by atoms with Crippen LogP contribution in [0.2, 0.25) is 0 Å². The molecule has 0 fully saturated rings. The monoisotopic (exact) mass is 372 g/mol. The van der Waals surface area contributed by atoms with Gasteiger partial charge < -0.3 is 10.5 Å². The van der Waals surface area contributed by atoms with E-state index in [1.165, 1.54) is 27.8 Å². The number of nitrogen functional groups attached to an aromatic ring is 1. The van der Waals surface area contributed by atoms with Gasteiger partial charge in [-0.1, -0.05) is 68.4 Å². The number of ether oxygens (including phenoxy) is 1. The molecule has 0 saturated heterocycles. The molecule has 3 heteroatoms. The minimum atomic E-state index is 0.0942. The lowest BCUT2D eigenvalue weighted by molar-refractivity contribution is 0.322. The van der Waals surface area contributed by atoms with Crippen LogP contribution in [-0.2, 0) is 6.42 Å². The standard InChI is InChI=1S/C25H28N2O/c1-17(2)23-6-4-5-7-24(23)21-14-18(3)15-22(16-21)28-13-12-19-8-10-20(11-9-19)25(26)27/h4-11,14-17H,12-13H2,1-3H3,(H3,26,27). The zero-order chi connectivity index (χ0) is 20.1. The zero-order valence-electron chi connectivity index (χ0n) is 16.8. The van der Waals surface area contributed by atoms with Gasteiger partial charge >= 0.3 is 0 Å². The van der Waals surface area contributed by atoms with E-state index in [0.717, 1.165) is 17.7 Å². The minimum Gasteiger partial charge on any atom is -0.493 e. The number of nitrogens with two attached hydrogens (primary N) is 1. The van der Waals surface area contributed by atoms with Gasteiger partial charge in [-0.2, -0.15) is 0 Å². The second-order valence-corrected chi connectivity index (χ2v) is 7.49. The van der Waals surface area contributed by atoms with Crippen molar-refractivity contribution >= 4 is 5.84 Å². The first-order valence-corrected chi connectivity index (χ1v) is 9.71. The number of nitrogens with one attached hydrogen (secondary N) is 1. The highest BCUT2D eigenvalue weighted by Gasteiger charge is 2.10. The molecule has 0 spiro atoms. The Morgan fingerprint density at radius 1 is 1.00 bits per heavy atom. The largest absolute Gasteiger partial charge is 0.493 e. The van der Waals surface area contributed by atoms with E-state index < -0.39 is 0 Å². The Labute approximate surface area is 167 Å². The first kappa shape index (κ1) is 19.7. The molecule has 0 amide bonds. The van der Waals surface area contributed by atoms with Gasteiger partial charge in [-0.05, 0) is 52.8 Å². The van der Waals surface area contributed by atoms with E-state index in [2.05, 4.69) is 63.2 Å². The number of benzene rings is 3. The number of hydrogen-bond donors (Lipinski definition) is 2. The predicted molar refractivity (Wildman–Crippen MR) is 117 cm³/mol. The summed E-state index contributed by atoms with van der Waals surface area (Å²) >= 11 is 0. The smallest absolute Gasteiger partial charge is 0.122 e. The maximum Gasteiger partial charge on any atom is 0.122 e. The maximum atomic E-state index is 7.46. The molecular weight excluding hydrogens is 344 g/mol. The Morgan fingerprint density at radius 3 is 2.39 bits per heavy atom. The summed E-state index contributed by atoms with van der Waals surface area (Å²) in [7, 11) is 0. The summed E-state index contributed by atoms with van der Waals surface area (Å²) in [4.78, 5) is 0. The van der Waals surface area contributed by atoms with E-state index in [1.807, 2.05) is 24.3 Å². The van der Waals surface area contributed by atoms with E-state index in [1.54, 1.807) is 0 Å². The lowest BCUT2D eigenvalue weighted by Crippen LogP contribution is -2.10. The average Bonchev–Trinajstić information content (AvgIpc) is 2.68. The minimum absolute atomic E-state index is 0.0942. The van der Waals surface area contributed by atoms with Crippen LogP contribution >= 0.6 is 0 Å². The van der Waals surface area contributed by atoms with Crippen molar-refractivity contribution in [2.45, 2.75) is 33.1 Å². The van der Waals surface area contributed by atoms with Crippen LogP contribution in [0, 0.1) is 12.3 Å². The summed E-state index contributed by atoms with van der Waals surface area (Å²) < 4.78 is 6.06. The molecule has 0 aromatic heterocycles. The SMILES string of the molecule is Cc1cc(OCCc2ccc(C(=N)N)cc2)cc(-c2ccccc2C(C)C)c1. The fraction of sp³-hybridized carbons (Fsp3) is 0.240. The van der Waals surface area contributed by atoms with Crippen molar-refractivity contribution in [3.8, 4) is 16.9 Å². The molecule has 0 aliphatic heterocycles. The topological polar surface area (TPSA) is 59.1 Å². The van der Waals surface area contributed by atoms with E-state index in [0.29, 0.717) is 12.5 Å². The second-order valence-electron chi connectivity index (χ2n) is 7.49. The van der Waals surface area contributed by atoms with E-state index in [-0.39, 0.29) is 5.84 Å². The highest BCUT2D eigenvalue weighted by molar-refractivity contribution is 5.94. The molecular formula is C25H28N2O. The number of rotatable bonds is 7. The molecule has 0 saturated carbocycles. The fourth-order valence-corrected chi connectivity index (χ4v) is 3.39. The third-order valence-electron chi connectivity index (χ3n) is 4.87. The van der Waals surface area contributed by atoms with Crippen LogP contribution in [0.4, 0.5) is 0 Å². The van der Waals surface area contributed by atoms with Crippen molar-refractivity contribution in [1.82, 2.24) is 0 Å². The van der Waals surface area contributed by atoms with Gasteiger partial charge in [-0.25, -0.2) is 0 Å². The quantitative estimate of drug-likeness (QED) is 0.413. The molecule has 0 unspecified atom stereocenters. The molecule has 28 heavy (non-hydrogen) atoms. The van der Waals surface area contributed by atoms with Gasteiger partial charge in [0.25, 0.3) is 0 Å². The van der Waals surface area contributed by atoms with Gasteiger partial charge in [-0.15, -0.1) is 0 Å². The van der Waals surface area contributed by atoms with Crippen molar-refractivity contribution in [2.24, 2.45) is 5.73 Å². The molecule has 144 valence electrons. The summed E-state index contributed by atoms with van der Waals surface area (Å²) in [6.07, 6.45) is 0.810. The summed E-state index contributed by atoms with van der Waals surface area (Å²) in [6.45, 7) is 7.16. The van der Waals surface area contributed by atoms with E-state index >= 15 is 0 Å². The lowest BCUT2D eigenvalue weighted by Gasteiger charge is -2.15. The Bertz CT molecular complexity index is 959. The summed E-state index contributed by atoms with van der Waals surface area (Å²) in [5.74, 6) is 1.46. The van der Waals surface area contributed by atoms with Crippen molar-refractivity contribution in [1.29, 1.82) is 5.41 Å². The lowest BCUT2D eigenvalue weighted by atomic mass is 9.92. The highest BCUT2D eigenvalue weighted by Crippen LogP contribution is 2.32. The van der Waals surface area contributed by atoms with Crippen LogP contribution in [0.25, 0.3) is 11.1 Å². The Kier molecular flexibility index (Phi) is 6.15. The average molecular weight is 373 g/mol. The fourth-order valence-electron chi connectivity index (χ4n) is 3.39. The summed E-state index contributed by atoms with van der Waals surface area (Å²) in [6, 6.07) is 22.8. The Balaban J connectivity index is 1.73. The molecule has 0 aliphatic carbocycles. The first-order chi connectivity index (χ1) is 13.4. The number of aryl methyl sites for hydroxylation is 1. The second kappa shape index (κ2) is 8.75. The van der Waals surface area contributed by atoms with E-state index in [9.17, 15) is 0 Å². The van der Waals surface area contributed by atoms with Gasteiger partial charge in [0.05, 0.1) is 6.61 Å². The molecule has 3 nitrogen and oxygen atoms in total. The molecule has 0 atom stereocenters. The molecule has 3 rings (SSSR count). The molecule has 0 bridgehead atoms. The normalized spacial score (nSPS) is 10.9. The predicted octanol–water partition coefficient (Wildman–Crippen LogP) is 5.69. The molecule has 3 N–H and O–H groups in total. The maximum absolute atomic E-state index is 7.46. The third kappa shape index (κ3) is 4.80. The van der Waals surface area contributed by atoms with Crippen LogP contribution in [0.1, 0.15) is 42.0 Å². The zero-order valence-corrected chi connectivity index (χ0v) is 16.8. The van der Waals surface area contributed by atoms with Gasteiger partial charge in [0.2, 0.25) is 0 Å². The molecule has 0 heterocycles. The van der Waals surface area contributed by atoms with Crippen LogP contribution < -0.4 is 10.5 Å². The van der Waals surface area contributed by atoms with Gasteiger partial charge in [0.15, 0.2) is 0 Å². The first-order valence-electron chi connectivity index (χ1n) is 9.71. The Hall–Kier alpha value is -3.07. The number of amidine groups is 1. The van der Waals surface area contributed by atoms with Crippen LogP contribution in [0.5, 0.6) is 5.75 Å². The van der Waals surface area contributed by atoms with Crippen molar-refractivity contribution in [2.75, 3.05) is 6.61 Å². The molecule has 3 aromatic rings.